The number of aryl methyl sites for hydroxylation is 1. The van der Waals surface area contributed by atoms with E-state index in [-0.39, 0.29) is 5.56 Å². The Morgan fingerprint density at radius 2 is 1.95 bits per heavy atom. The van der Waals surface area contributed by atoms with E-state index in [0.29, 0.717) is 5.92 Å². The summed E-state index contributed by atoms with van der Waals surface area (Å²) >= 11 is 0. The molecule has 0 radical (unpaired) electrons. The Labute approximate surface area is 129 Å². The Bertz CT molecular complexity index is 676. The van der Waals surface area contributed by atoms with Crippen LogP contribution < -0.4 is 5.56 Å². The van der Waals surface area contributed by atoms with Crippen molar-refractivity contribution in [1.82, 2.24) is 24.4 Å². The molecule has 6 nitrogen and oxygen atoms in total. The van der Waals surface area contributed by atoms with Crippen molar-refractivity contribution in [3.8, 4) is 0 Å². The summed E-state index contributed by atoms with van der Waals surface area (Å²) in [6.45, 7) is 5.71. The number of hydrogen-bond donors (Lipinski definition) is 0. The maximum atomic E-state index is 11.7. The van der Waals surface area contributed by atoms with Gasteiger partial charge >= 0.3 is 0 Å². The van der Waals surface area contributed by atoms with Gasteiger partial charge in [-0.1, -0.05) is 0 Å². The van der Waals surface area contributed by atoms with Crippen LogP contribution in [0, 0.1) is 12.8 Å². The van der Waals surface area contributed by atoms with Crippen molar-refractivity contribution in [2.24, 2.45) is 5.92 Å². The molecule has 3 heterocycles. The second-order valence-corrected chi connectivity index (χ2v) is 5.88. The summed E-state index contributed by atoms with van der Waals surface area (Å²) in [6.07, 6.45) is 8.87. The van der Waals surface area contributed by atoms with E-state index in [0.717, 1.165) is 50.4 Å². The molecule has 0 bridgehead atoms. The van der Waals surface area contributed by atoms with Crippen LogP contribution in [0.3, 0.4) is 0 Å². The smallest absolute Gasteiger partial charge is 0.253 e. The number of piperidine rings is 1. The third-order valence-electron chi connectivity index (χ3n) is 4.31. The molecular formula is C16H21N5O. The second kappa shape index (κ2) is 6.79. The minimum Gasteiger partial charge on any atom is -0.299 e. The molecule has 0 spiro atoms. The van der Waals surface area contributed by atoms with E-state index in [9.17, 15) is 4.79 Å². The fourth-order valence-electron chi connectivity index (χ4n) is 2.92. The molecule has 1 saturated heterocycles. The topological polar surface area (TPSA) is 63.9 Å². The summed E-state index contributed by atoms with van der Waals surface area (Å²) < 4.78 is 1.72. The van der Waals surface area contributed by atoms with Crippen molar-refractivity contribution in [3.63, 3.8) is 0 Å². The van der Waals surface area contributed by atoms with E-state index in [1.54, 1.807) is 29.5 Å². The van der Waals surface area contributed by atoms with Gasteiger partial charge in [-0.2, -0.15) is 0 Å². The molecule has 2 aromatic rings. The molecule has 0 atom stereocenters. The first-order chi connectivity index (χ1) is 10.7. The first-order valence-electron chi connectivity index (χ1n) is 7.71. The fraction of sp³-hybridized carbons (Fsp3) is 0.500. The summed E-state index contributed by atoms with van der Waals surface area (Å²) in [6, 6.07) is 1.52. The fourth-order valence-corrected chi connectivity index (χ4v) is 2.92. The van der Waals surface area contributed by atoms with Crippen LogP contribution in [0.15, 0.2) is 35.8 Å². The summed E-state index contributed by atoms with van der Waals surface area (Å²) in [5, 5.41) is 0. The SMILES string of the molecule is Cc1nccnc1CN1CCC(Cn2cnccc2=O)CC1. The van der Waals surface area contributed by atoms with Gasteiger partial charge in [0, 0.05) is 37.7 Å². The number of aromatic nitrogens is 4. The Hall–Kier alpha value is -2.08. The predicted octanol–water partition coefficient (Wildman–Crippen LogP) is 1.25. The van der Waals surface area contributed by atoms with Crippen LogP contribution in [-0.2, 0) is 13.1 Å². The van der Waals surface area contributed by atoms with Gasteiger partial charge in [0.05, 0.1) is 17.7 Å². The Morgan fingerprint density at radius 3 is 2.68 bits per heavy atom. The Balaban J connectivity index is 1.54. The monoisotopic (exact) mass is 299 g/mol. The van der Waals surface area contributed by atoms with E-state index in [1.807, 2.05) is 6.92 Å². The molecule has 1 aliphatic heterocycles. The highest BCUT2D eigenvalue weighted by Crippen LogP contribution is 2.20. The summed E-state index contributed by atoms with van der Waals surface area (Å²) in [7, 11) is 0. The minimum atomic E-state index is 0.0348. The van der Waals surface area contributed by atoms with Gasteiger partial charge in [0.1, 0.15) is 0 Å². The van der Waals surface area contributed by atoms with Crippen molar-refractivity contribution < 1.29 is 0 Å². The molecule has 6 heteroatoms. The molecule has 0 amide bonds. The lowest BCUT2D eigenvalue weighted by atomic mass is 9.96. The zero-order chi connectivity index (χ0) is 15.4. The maximum absolute atomic E-state index is 11.7. The highest BCUT2D eigenvalue weighted by molar-refractivity contribution is 5.08. The average Bonchev–Trinajstić information content (AvgIpc) is 2.54. The molecule has 2 aromatic heterocycles. The zero-order valence-electron chi connectivity index (χ0n) is 12.9. The molecule has 1 aliphatic rings. The molecule has 0 unspecified atom stereocenters. The van der Waals surface area contributed by atoms with E-state index in [2.05, 4.69) is 19.9 Å². The highest BCUT2D eigenvalue weighted by Gasteiger charge is 2.20. The largest absolute Gasteiger partial charge is 0.299 e. The first-order valence-corrected chi connectivity index (χ1v) is 7.71. The number of rotatable bonds is 4. The molecule has 0 saturated carbocycles. The number of likely N-dealkylation sites (tertiary alicyclic amines) is 1. The first kappa shape index (κ1) is 14.8. The minimum absolute atomic E-state index is 0.0348. The molecule has 3 rings (SSSR count). The van der Waals surface area contributed by atoms with E-state index < -0.39 is 0 Å². The van der Waals surface area contributed by atoms with Crippen LogP contribution in [-0.4, -0.2) is 37.5 Å². The van der Waals surface area contributed by atoms with Crippen LogP contribution >= 0.6 is 0 Å². The molecule has 0 aliphatic carbocycles. The van der Waals surface area contributed by atoms with E-state index in [4.69, 9.17) is 0 Å². The average molecular weight is 299 g/mol. The quantitative estimate of drug-likeness (QED) is 0.850. The van der Waals surface area contributed by atoms with Crippen molar-refractivity contribution in [2.75, 3.05) is 13.1 Å². The van der Waals surface area contributed by atoms with Crippen LogP contribution in [0.4, 0.5) is 0 Å². The standard InChI is InChI=1S/C16H21N5O/c1-13-15(19-7-6-18-13)11-20-8-3-14(4-9-20)10-21-12-17-5-2-16(21)22/h2,5-7,12,14H,3-4,8-11H2,1H3. The van der Waals surface area contributed by atoms with Gasteiger partial charge in [-0.15, -0.1) is 0 Å². The normalized spacial score (nSPS) is 16.8. The highest BCUT2D eigenvalue weighted by atomic mass is 16.1. The number of hydrogen-bond acceptors (Lipinski definition) is 5. The molecule has 0 N–H and O–H groups in total. The predicted molar refractivity (Wildman–Crippen MR) is 83.3 cm³/mol. The molecule has 116 valence electrons. The van der Waals surface area contributed by atoms with E-state index >= 15 is 0 Å². The molecule has 0 aromatic carbocycles. The van der Waals surface area contributed by atoms with E-state index in [1.165, 1.54) is 6.07 Å². The Morgan fingerprint density at radius 1 is 1.18 bits per heavy atom. The van der Waals surface area contributed by atoms with Crippen molar-refractivity contribution in [2.45, 2.75) is 32.9 Å². The van der Waals surface area contributed by atoms with Gasteiger partial charge in [0.2, 0.25) is 0 Å². The van der Waals surface area contributed by atoms with Gasteiger partial charge in [-0.25, -0.2) is 4.98 Å². The molecular weight excluding hydrogens is 278 g/mol. The van der Waals surface area contributed by atoms with Crippen molar-refractivity contribution in [3.05, 3.63) is 52.7 Å². The van der Waals surface area contributed by atoms with Gasteiger partial charge in [-0.05, 0) is 38.8 Å². The Kier molecular flexibility index (Phi) is 4.58. The second-order valence-electron chi connectivity index (χ2n) is 5.88. The lowest BCUT2D eigenvalue weighted by Crippen LogP contribution is -2.36. The third kappa shape index (κ3) is 3.57. The third-order valence-corrected chi connectivity index (χ3v) is 4.31. The van der Waals surface area contributed by atoms with Gasteiger partial charge < -0.3 is 0 Å². The van der Waals surface area contributed by atoms with Gasteiger partial charge in [0.25, 0.3) is 5.56 Å². The van der Waals surface area contributed by atoms with Crippen LogP contribution in [0.25, 0.3) is 0 Å². The van der Waals surface area contributed by atoms with Gasteiger partial charge in [-0.3, -0.25) is 24.2 Å². The van der Waals surface area contributed by atoms with Crippen molar-refractivity contribution >= 4 is 0 Å². The van der Waals surface area contributed by atoms with Gasteiger partial charge in [0.15, 0.2) is 0 Å². The lowest BCUT2D eigenvalue weighted by molar-refractivity contribution is 0.164. The van der Waals surface area contributed by atoms with Crippen LogP contribution in [0.5, 0.6) is 0 Å². The summed E-state index contributed by atoms with van der Waals surface area (Å²) in [4.78, 5) is 26.9. The number of nitrogens with zero attached hydrogens (tertiary/aromatic N) is 5. The summed E-state index contributed by atoms with van der Waals surface area (Å²) in [5.41, 5.74) is 2.10. The maximum Gasteiger partial charge on any atom is 0.253 e. The molecule has 22 heavy (non-hydrogen) atoms. The molecule has 1 fully saturated rings. The zero-order valence-corrected chi connectivity index (χ0v) is 12.9. The van der Waals surface area contributed by atoms with Crippen LogP contribution in [0.2, 0.25) is 0 Å². The summed E-state index contributed by atoms with van der Waals surface area (Å²) in [5.74, 6) is 0.543. The van der Waals surface area contributed by atoms with Crippen molar-refractivity contribution in [1.29, 1.82) is 0 Å². The van der Waals surface area contributed by atoms with Crippen LogP contribution in [0.1, 0.15) is 24.2 Å². The lowest BCUT2D eigenvalue weighted by Gasteiger charge is -2.32.